The van der Waals surface area contributed by atoms with Gasteiger partial charge in [-0.15, -0.1) is 0 Å². The Bertz CT molecular complexity index is 66.8. The Kier molecular flexibility index (Phi) is 1.83. The minimum Gasteiger partial charge on any atom is -0.367 e. The van der Waals surface area contributed by atoms with Crippen LogP contribution < -0.4 is 5.32 Å². The lowest BCUT2D eigenvalue weighted by Gasteiger charge is -2.25. The number of nitrogens with one attached hydrogen (secondary N) is 1. The van der Waals surface area contributed by atoms with E-state index in [4.69, 9.17) is 9.84 Å². The van der Waals surface area contributed by atoms with E-state index >= 15 is 0 Å². The zero-order chi connectivity index (χ0) is 5.98. The summed E-state index contributed by atoms with van der Waals surface area (Å²) in [6.07, 6.45) is -0.608. The van der Waals surface area contributed by atoms with Crippen molar-refractivity contribution < 1.29 is 9.84 Å². The fourth-order valence-electron chi connectivity index (χ4n) is 0.711. The van der Waals surface area contributed by atoms with Crippen LogP contribution in [0, 0.1) is 0 Å². The van der Waals surface area contributed by atoms with Crippen molar-refractivity contribution in [3.05, 3.63) is 0 Å². The SMILES string of the molecule is C[C@@H]1NCCO[C@@H]1O. The van der Waals surface area contributed by atoms with Crippen LogP contribution in [0.15, 0.2) is 0 Å². The van der Waals surface area contributed by atoms with E-state index in [9.17, 15) is 0 Å². The molecule has 0 radical (unpaired) electrons. The molecule has 2 N–H and O–H groups in total. The van der Waals surface area contributed by atoms with Crippen molar-refractivity contribution in [2.75, 3.05) is 13.2 Å². The summed E-state index contributed by atoms with van der Waals surface area (Å²) in [6.45, 7) is 3.35. The summed E-state index contributed by atoms with van der Waals surface area (Å²) in [6, 6.07) is 0.0868. The summed E-state index contributed by atoms with van der Waals surface area (Å²) in [5.74, 6) is 0. The maximum absolute atomic E-state index is 8.89. The van der Waals surface area contributed by atoms with E-state index in [-0.39, 0.29) is 6.04 Å². The van der Waals surface area contributed by atoms with Gasteiger partial charge in [0.1, 0.15) is 0 Å². The molecule has 2 atom stereocenters. The molecule has 0 spiro atoms. The van der Waals surface area contributed by atoms with Crippen LogP contribution in [0.4, 0.5) is 0 Å². The molecule has 0 aromatic carbocycles. The first kappa shape index (κ1) is 6.01. The van der Waals surface area contributed by atoms with Crippen LogP contribution in [0.5, 0.6) is 0 Å². The van der Waals surface area contributed by atoms with Crippen molar-refractivity contribution in [2.24, 2.45) is 0 Å². The Morgan fingerprint density at radius 2 is 2.50 bits per heavy atom. The predicted octanol–water partition coefficient (Wildman–Crippen LogP) is -0.687. The third-order valence-electron chi connectivity index (χ3n) is 1.28. The van der Waals surface area contributed by atoms with Gasteiger partial charge < -0.3 is 15.2 Å². The highest BCUT2D eigenvalue weighted by Crippen LogP contribution is 1.98. The molecule has 1 aliphatic heterocycles. The number of ether oxygens (including phenoxy) is 1. The molecular formula is C5H11NO2. The van der Waals surface area contributed by atoms with Gasteiger partial charge in [-0.25, -0.2) is 0 Å². The number of hydrogen-bond acceptors (Lipinski definition) is 3. The summed E-state index contributed by atoms with van der Waals surface area (Å²) < 4.78 is 4.88. The Hall–Kier alpha value is -0.120. The van der Waals surface area contributed by atoms with Crippen molar-refractivity contribution >= 4 is 0 Å². The van der Waals surface area contributed by atoms with Crippen molar-refractivity contribution in [3.63, 3.8) is 0 Å². The Morgan fingerprint density at radius 1 is 1.75 bits per heavy atom. The highest BCUT2D eigenvalue weighted by atomic mass is 16.6. The molecule has 0 unspecified atom stereocenters. The number of rotatable bonds is 0. The van der Waals surface area contributed by atoms with Crippen LogP contribution in [0.1, 0.15) is 6.92 Å². The summed E-state index contributed by atoms with van der Waals surface area (Å²) in [5.41, 5.74) is 0. The van der Waals surface area contributed by atoms with Gasteiger partial charge >= 0.3 is 0 Å². The average molecular weight is 117 g/mol. The molecule has 1 saturated heterocycles. The van der Waals surface area contributed by atoms with Crippen LogP contribution in [-0.2, 0) is 4.74 Å². The molecule has 8 heavy (non-hydrogen) atoms. The number of aliphatic hydroxyl groups excluding tert-OH is 1. The number of aliphatic hydroxyl groups is 1. The first-order valence-electron chi connectivity index (χ1n) is 2.84. The van der Waals surface area contributed by atoms with Gasteiger partial charge in [-0.1, -0.05) is 0 Å². The van der Waals surface area contributed by atoms with Crippen LogP contribution in [0.2, 0.25) is 0 Å². The van der Waals surface area contributed by atoms with Gasteiger partial charge in [-0.05, 0) is 6.92 Å². The smallest absolute Gasteiger partial charge is 0.169 e. The molecule has 0 aromatic heterocycles. The maximum Gasteiger partial charge on any atom is 0.169 e. The van der Waals surface area contributed by atoms with E-state index in [1.165, 1.54) is 0 Å². The van der Waals surface area contributed by atoms with E-state index in [0.717, 1.165) is 6.54 Å². The standard InChI is InChI=1S/C5H11NO2/c1-4-5(7)8-3-2-6-4/h4-7H,2-3H2,1H3/t4-,5-/m0/s1. The second kappa shape index (κ2) is 2.44. The van der Waals surface area contributed by atoms with Crippen molar-refractivity contribution in [3.8, 4) is 0 Å². The molecule has 1 fully saturated rings. The number of morpholine rings is 1. The van der Waals surface area contributed by atoms with Crippen LogP contribution >= 0.6 is 0 Å². The monoisotopic (exact) mass is 117 g/mol. The number of hydrogen-bond donors (Lipinski definition) is 2. The van der Waals surface area contributed by atoms with Crippen LogP contribution in [0.3, 0.4) is 0 Å². The summed E-state index contributed by atoms with van der Waals surface area (Å²) in [5, 5.41) is 11.9. The molecule has 0 aromatic rings. The molecule has 3 nitrogen and oxygen atoms in total. The van der Waals surface area contributed by atoms with Gasteiger partial charge in [-0.3, -0.25) is 0 Å². The predicted molar refractivity (Wildman–Crippen MR) is 29.4 cm³/mol. The third kappa shape index (κ3) is 1.18. The van der Waals surface area contributed by atoms with E-state index in [2.05, 4.69) is 5.32 Å². The second-order valence-corrected chi connectivity index (χ2v) is 2.00. The normalized spacial score (nSPS) is 39.8. The van der Waals surface area contributed by atoms with Gasteiger partial charge in [0.25, 0.3) is 0 Å². The van der Waals surface area contributed by atoms with Crippen molar-refractivity contribution in [1.29, 1.82) is 0 Å². The molecule has 0 bridgehead atoms. The molecule has 1 aliphatic rings. The zero-order valence-corrected chi connectivity index (χ0v) is 4.92. The first-order valence-corrected chi connectivity index (χ1v) is 2.84. The van der Waals surface area contributed by atoms with Crippen LogP contribution in [0.25, 0.3) is 0 Å². The van der Waals surface area contributed by atoms with Gasteiger partial charge in [-0.2, -0.15) is 0 Å². The molecular weight excluding hydrogens is 106 g/mol. The highest BCUT2D eigenvalue weighted by molar-refractivity contribution is 4.67. The summed E-state index contributed by atoms with van der Waals surface area (Å²) in [4.78, 5) is 0. The van der Waals surface area contributed by atoms with Gasteiger partial charge in [0.05, 0.1) is 12.6 Å². The first-order chi connectivity index (χ1) is 3.80. The molecule has 1 rings (SSSR count). The van der Waals surface area contributed by atoms with Crippen LogP contribution in [-0.4, -0.2) is 30.6 Å². The second-order valence-electron chi connectivity index (χ2n) is 2.00. The molecule has 48 valence electrons. The summed E-state index contributed by atoms with van der Waals surface area (Å²) >= 11 is 0. The zero-order valence-electron chi connectivity index (χ0n) is 4.92. The van der Waals surface area contributed by atoms with E-state index in [1.807, 2.05) is 6.92 Å². The van der Waals surface area contributed by atoms with Crippen molar-refractivity contribution in [1.82, 2.24) is 5.32 Å². The molecule has 0 amide bonds. The highest BCUT2D eigenvalue weighted by Gasteiger charge is 2.17. The Morgan fingerprint density at radius 3 is 2.88 bits per heavy atom. The van der Waals surface area contributed by atoms with Gasteiger partial charge in [0.2, 0.25) is 0 Å². The quantitative estimate of drug-likeness (QED) is 0.441. The topological polar surface area (TPSA) is 41.5 Å². The Balaban J connectivity index is 2.28. The molecule has 3 heteroatoms. The minimum atomic E-state index is -0.608. The lowest BCUT2D eigenvalue weighted by molar-refractivity contribution is -0.135. The maximum atomic E-state index is 8.89. The molecule has 0 aliphatic carbocycles. The van der Waals surface area contributed by atoms with E-state index in [1.54, 1.807) is 0 Å². The van der Waals surface area contributed by atoms with Gasteiger partial charge in [0.15, 0.2) is 6.29 Å². The Labute approximate surface area is 48.7 Å². The largest absolute Gasteiger partial charge is 0.367 e. The minimum absolute atomic E-state index is 0.0868. The lowest BCUT2D eigenvalue weighted by Crippen LogP contribution is -2.46. The fraction of sp³-hybridized carbons (Fsp3) is 1.00. The van der Waals surface area contributed by atoms with Crippen molar-refractivity contribution in [2.45, 2.75) is 19.3 Å². The third-order valence-corrected chi connectivity index (χ3v) is 1.28. The fourth-order valence-corrected chi connectivity index (χ4v) is 0.711. The molecule has 1 heterocycles. The lowest BCUT2D eigenvalue weighted by atomic mass is 10.3. The van der Waals surface area contributed by atoms with E-state index < -0.39 is 6.29 Å². The van der Waals surface area contributed by atoms with E-state index in [0.29, 0.717) is 6.61 Å². The van der Waals surface area contributed by atoms with Gasteiger partial charge in [0, 0.05) is 6.54 Å². The average Bonchev–Trinajstić information content (AvgIpc) is 1.77. The molecule has 0 saturated carbocycles. The summed E-state index contributed by atoms with van der Waals surface area (Å²) in [7, 11) is 0.